The van der Waals surface area contributed by atoms with Crippen molar-refractivity contribution in [2.24, 2.45) is 0 Å². The largest absolute Gasteiger partial charge is 0.299 e. The first-order chi connectivity index (χ1) is 9.04. The number of carbonyl (C=O) groups is 1. The molecule has 2 aromatic rings. The summed E-state index contributed by atoms with van der Waals surface area (Å²) in [6, 6.07) is 12.6. The maximum atomic E-state index is 13.6. The normalized spacial score (nSPS) is 10.5. The number of hydrogen-bond donors (Lipinski definition) is 0. The van der Waals surface area contributed by atoms with Crippen molar-refractivity contribution < 1.29 is 9.18 Å². The molecule has 0 aromatic heterocycles. The van der Waals surface area contributed by atoms with Crippen molar-refractivity contribution in [1.29, 1.82) is 0 Å². The second-order valence-electron chi connectivity index (χ2n) is 4.61. The third kappa shape index (κ3) is 4.00. The van der Waals surface area contributed by atoms with Crippen molar-refractivity contribution in [3.05, 3.63) is 69.4 Å². The molecule has 0 bridgehead atoms. The third-order valence-electron chi connectivity index (χ3n) is 2.92. The molecule has 0 radical (unpaired) electrons. The number of hydrogen-bond acceptors (Lipinski definition) is 1. The van der Waals surface area contributed by atoms with Gasteiger partial charge in [-0.15, -0.1) is 0 Å². The van der Waals surface area contributed by atoms with E-state index in [4.69, 9.17) is 0 Å². The number of benzene rings is 2. The highest BCUT2D eigenvalue weighted by Crippen LogP contribution is 2.16. The number of carbonyl (C=O) groups excluding carboxylic acids is 1. The lowest BCUT2D eigenvalue weighted by atomic mass is 10.0. The van der Waals surface area contributed by atoms with Crippen molar-refractivity contribution in [2.75, 3.05) is 0 Å². The molecule has 0 spiro atoms. The summed E-state index contributed by atoms with van der Waals surface area (Å²) in [7, 11) is 0. The van der Waals surface area contributed by atoms with Gasteiger partial charge < -0.3 is 0 Å². The van der Waals surface area contributed by atoms with E-state index in [-0.39, 0.29) is 18.0 Å². The van der Waals surface area contributed by atoms with E-state index in [1.54, 1.807) is 12.1 Å². The maximum absolute atomic E-state index is 13.6. The molecule has 19 heavy (non-hydrogen) atoms. The van der Waals surface area contributed by atoms with Crippen molar-refractivity contribution in [3.8, 4) is 0 Å². The molecule has 2 rings (SSSR count). The summed E-state index contributed by atoms with van der Waals surface area (Å²) < 4.78 is 14.3. The lowest BCUT2D eigenvalue weighted by Gasteiger charge is -2.04. The van der Waals surface area contributed by atoms with E-state index in [1.807, 2.05) is 31.2 Å². The molecule has 2 aromatic carbocycles. The van der Waals surface area contributed by atoms with Crippen LogP contribution in [0.1, 0.15) is 16.7 Å². The summed E-state index contributed by atoms with van der Waals surface area (Å²) in [5, 5.41) is 0. The zero-order valence-corrected chi connectivity index (χ0v) is 12.2. The Kier molecular flexibility index (Phi) is 4.48. The predicted molar refractivity (Wildman–Crippen MR) is 77.7 cm³/mol. The van der Waals surface area contributed by atoms with Crippen LogP contribution in [0.4, 0.5) is 4.39 Å². The summed E-state index contributed by atoms with van der Waals surface area (Å²) in [6.07, 6.45) is 0.475. The fourth-order valence-electron chi connectivity index (χ4n) is 1.87. The van der Waals surface area contributed by atoms with Crippen LogP contribution in [-0.2, 0) is 17.6 Å². The summed E-state index contributed by atoms with van der Waals surface area (Å²) in [5.74, 6) is -0.322. The van der Waals surface area contributed by atoms with Gasteiger partial charge in [0.05, 0.1) is 0 Å². The zero-order chi connectivity index (χ0) is 13.8. The molecule has 0 atom stereocenters. The molecule has 0 aliphatic carbocycles. The Hall–Kier alpha value is -1.48. The van der Waals surface area contributed by atoms with E-state index in [1.165, 1.54) is 6.07 Å². The van der Waals surface area contributed by atoms with Crippen LogP contribution in [0.25, 0.3) is 0 Å². The number of aryl methyl sites for hydroxylation is 1. The van der Waals surface area contributed by atoms with Crippen LogP contribution >= 0.6 is 15.9 Å². The molecule has 0 aliphatic rings. The fraction of sp³-hybridized carbons (Fsp3) is 0.188. The Balaban J connectivity index is 2.03. The van der Waals surface area contributed by atoms with Crippen LogP contribution in [-0.4, -0.2) is 5.78 Å². The predicted octanol–water partition coefficient (Wildman–Crippen LogP) is 4.25. The van der Waals surface area contributed by atoms with Gasteiger partial charge in [-0.2, -0.15) is 0 Å². The fourth-order valence-corrected chi connectivity index (χ4v) is 2.21. The van der Waals surface area contributed by atoms with Crippen molar-refractivity contribution in [3.63, 3.8) is 0 Å². The standard InChI is InChI=1S/C16H14BrFO/c1-11-2-4-12(5-3-11)8-15(19)9-13-6-7-14(17)10-16(13)18/h2-7,10H,8-9H2,1H3. The topological polar surface area (TPSA) is 17.1 Å². The van der Waals surface area contributed by atoms with Gasteiger partial charge in [0.1, 0.15) is 11.6 Å². The van der Waals surface area contributed by atoms with Gasteiger partial charge in [0.25, 0.3) is 0 Å². The van der Waals surface area contributed by atoms with Crippen LogP contribution in [0.3, 0.4) is 0 Å². The molecule has 0 saturated heterocycles. The average Bonchev–Trinajstić information content (AvgIpc) is 2.36. The highest BCUT2D eigenvalue weighted by Gasteiger charge is 2.09. The molecule has 0 N–H and O–H groups in total. The summed E-state index contributed by atoms with van der Waals surface area (Å²) >= 11 is 3.20. The molecule has 0 aliphatic heterocycles. The van der Waals surface area contributed by atoms with E-state index in [0.29, 0.717) is 16.5 Å². The molecular weight excluding hydrogens is 307 g/mol. The molecule has 98 valence electrons. The Morgan fingerprint density at radius 3 is 2.42 bits per heavy atom. The van der Waals surface area contributed by atoms with Crippen molar-refractivity contribution >= 4 is 21.7 Å². The smallest absolute Gasteiger partial charge is 0.141 e. The van der Waals surface area contributed by atoms with Crippen LogP contribution < -0.4 is 0 Å². The van der Waals surface area contributed by atoms with Gasteiger partial charge in [-0.1, -0.05) is 51.8 Å². The average molecular weight is 321 g/mol. The number of rotatable bonds is 4. The Bertz CT molecular complexity index is 590. The van der Waals surface area contributed by atoms with E-state index in [0.717, 1.165) is 11.1 Å². The van der Waals surface area contributed by atoms with Gasteiger partial charge in [-0.25, -0.2) is 4.39 Å². The van der Waals surface area contributed by atoms with E-state index in [2.05, 4.69) is 15.9 Å². The minimum atomic E-state index is -0.341. The van der Waals surface area contributed by atoms with Crippen LogP contribution in [0.5, 0.6) is 0 Å². The number of halogens is 2. The maximum Gasteiger partial charge on any atom is 0.141 e. The Morgan fingerprint density at radius 1 is 1.11 bits per heavy atom. The molecule has 0 saturated carbocycles. The van der Waals surface area contributed by atoms with Crippen LogP contribution in [0.2, 0.25) is 0 Å². The van der Waals surface area contributed by atoms with Gasteiger partial charge in [-0.05, 0) is 30.2 Å². The van der Waals surface area contributed by atoms with Gasteiger partial charge >= 0.3 is 0 Å². The highest BCUT2D eigenvalue weighted by molar-refractivity contribution is 9.10. The molecule has 0 heterocycles. The third-order valence-corrected chi connectivity index (χ3v) is 3.42. The lowest BCUT2D eigenvalue weighted by Crippen LogP contribution is -2.08. The van der Waals surface area contributed by atoms with Crippen molar-refractivity contribution in [1.82, 2.24) is 0 Å². The van der Waals surface area contributed by atoms with Gasteiger partial charge in [0.15, 0.2) is 0 Å². The van der Waals surface area contributed by atoms with E-state index >= 15 is 0 Å². The number of ketones is 1. The van der Waals surface area contributed by atoms with Crippen LogP contribution in [0.15, 0.2) is 46.9 Å². The summed E-state index contributed by atoms with van der Waals surface area (Å²) in [6.45, 7) is 2.00. The number of Topliss-reactive ketones (excluding diaryl/α,β-unsaturated/α-hetero) is 1. The van der Waals surface area contributed by atoms with E-state index < -0.39 is 0 Å². The molecule has 3 heteroatoms. The zero-order valence-electron chi connectivity index (χ0n) is 10.6. The first-order valence-electron chi connectivity index (χ1n) is 6.06. The monoisotopic (exact) mass is 320 g/mol. The van der Waals surface area contributed by atoms with Crippen LogP contribution in [0, 0.1) is 12.7 Å². The minimum Gasteiger partial charge on any atom is -0.299 e. The summed E-state index contributed by atoms with van der Waals surface area (Å²) in [5.41, 5.74) is 2.57. The van der Waals surface area contributed by atoms with Crippen molar-refractivity contribution in [2.45, 2.75) is 19.8 Å². The molecule has 1 nitrogen and oxygen atoms in total. The second kappa shape index (κ2) is 6.11. The van der Waals surface area contributed by atoms with E-state index in [9.17, 15) is 9.18 Å². The first kappa shape index (κ1) is 13.9. The second-order valence-corrected chi connectivity index (χ2v) is 5.53. The molecular formula is C16H14BrFO. The Morgan fingerprint density at radius 2 is 1.79 bits per heavy atom. The summed E-state index contributed by atoms with van der Waals surface area (Å²) in [4.78, 5) is 11.9. The minimum absolute atomic E-state index is 0.0186. The van der Waals surface area contributed by atoms with Gasteiger partial charge in [0.2, 0.25) is 0 Å². The first-order valence-corrected chi connectivity index (χ1v) is 6.85. The highest BCUT2D eigenvalue weighted by atomic mass is 79.9. The SMILES string of the molecule is Cc1ccc(CC(=O)Cc2ccc(Br)cc2F)cc1. The molecule has 0 fully saturated rings. The van der Waals surface area contributed by atoms with Gasteiger partial charge in [-0.3, -0.25) is 4.79 Å². The quantitative estimate of drug-likeness (QED) is 0.823. The molecule has 0 unspecified atom stereocenters. The lowest BCUT2D eigenvalue weighted by molar-refractivity contribution is -0.117. The Labute approximate surface area is 120 Å². The molecule has 0 amide bonds. The van der Waals surface area contributed by atoms with Gasteiger partial charge in [0, 0.05) is 17.3 Å².